The number of carbonyl (C=O) groups excluding carboxylic acids is 1. The number of aliphatic carboxylic acids is 1. The van der Waals surface area contributed by atoms with E-state index in [2.05, 4.69) is 5.32 Å². The van der Waals surface area contributed by atoms with E-state index in [4.69, 9.17) is 0 Å². The molecule has 112 valence electrons. The Morgan fingerprint density at radius 2 is 1.65 bits per heavy atom. The minimum absolute atomic E-state index is 0.136. The summed E-state index contributed by atoms with van der Waals surface area (Å²) in [6.07, 6.45) is -2.01. The summed E-state index contributed by atoms with van der Waals surface area (Å²) >= 11 is 0. The van der Waals surface area contributed by atoms with Crippen molar-refractivity contribution in [3.8, 4) is 0 Å². The summed E-state index contributed by atoms with van der Waals surface area (Å²) in [7, 11) is 0. The Morgan fingerprint density at radius 1 is 1.10 bits per heavy atom. The van der Waals surface area contributed by atoms with Crippen LogP contribution in [0.1, 0.15) is 32.1 Å². The molecule has 4 bridgehead atoms. The standard InChI is InChI=1S/C13H16F3NO3/c14-13(15,16)10(18)17-9-7-1-6-2-8(9)5-12(3-6,4-7)11(19)20/h6-9H,1-5H2,(H,17,18)(H,19,20). The molecule has 7 heteroatoms. The average molecular weight is 291 g/mol. The maximum absolute atomic E-state index is 12.4. The second-order valence-electron chi connectivity index (χ2n) is 6.55. The molecular weight excluding hydrogens is 275 g/mol. The molecule has 1 amide bonds. The van der Waals surface area contributed by atoms with E-state index in [1.54, 1.807) is 0 Å². The number of hydrogen-bond acceptors (Lipinski definition) is 2. The van der Waals surface area contributed by atoms with Gasteiger partial charge in [-0.1, -0.05) is 0 Å². The van der Waals surface area contributed by atoms with Gasteiger partial charge in [-0.2, -0.15) is 13.2 Å². The van der Waals surface area contributed by atoms with Crippen LogP contribution in [0.3, 0.4) is 0 Å². The first kappa shape index (κ1) is 13.7. The molecule has 4 nitrogen and oxygen atoms in total. The second-order valence-corrected chi connectivity index (χ2v) is 6.55. The summed E-state index contributed by atoms with van der Waals surface area (Å²) in [6.45, 7) is 0. The quantitative estimate of drug-likeness (QED) is 0.817. The summed E-state index contributed by atoms with van der Waals surface area (Å²) in [5.41, 5.74) is -0.768. The van der Waals surface area contributed by atoms with Gasteiger partial charge in [-0.3, -0.25) is 9.59 Å². The minimum Gasteiger partial charge on any atom is -0.481 e. The molecule has 0 aromatic rings. The van der Waals surface area contributed by atoms with Gasteiger partial charge in [0.05, 0.1) is 5.41 Å². The van der Waals surface area contributed by atoms with E-state index in [1.165, 1.54) is 0 Å². The van der Waals surface area contributed by atoms with E-state index in [0.29, 0.717) is 19.3 Å². The highest BCUT2D eigenvalue weighted by Gasteiger charge is 2.59. The highest BCUT2D eigenvalue weighted by Crippen LogP contribution is 2.60. The van der Waals surface area contributed by atoms with Crippen LogP contribution < -0.4 is 5.32 Å². The van der Waals surface area contributed by atoms with Crippen LogP contribution in [0.4, 0.5) is 13.2 Å². The van der Waals surface area contributed by atoms with Gasteiger partial charge in [0.25, 0.3) is 0 Å². The lowest BCUT2D eigenvalue weighted by Gasteiger charge is -2.58. The van der Waals surface area contributed by atoms with Crippen LogP contribution in [-0.4, -0.2) is 29.2 Å². The third-order valence-corrected chi connectivity index (χ3v) is 5.28. The molecule has 0 radical (unpaired) electrons. The van der Waals surface area contributed by atoms with E-state index < -0.39 is 29.5 Å². The Labute approximate surface area is 113 Å². The predicted molar refractivity (Wildman–Crippen MR) is 61.6 cm³/mol. The van der Waals surface area contributed by atoms with Gasteiger partial charge in [0.1, 0.15) is 0 Å². The van der Waals surface area contributed by atoms with Crippen molar-refractivity contribution < 1.29 is 27.9 Å². The van der Waals surface area contributed by atoms with Gasteiger partial charge >= 0.3 is 18.1 Å². The Bertz CT molecular complexity index is 446. The van der Waals surface area contributed by atoms with Crippen LogP contribution in [0.25, 0.3) is 0 Å². The average Bonchev–Trinajstić information content (AvgIpc) is 2.31. The molecule has 2 atom stereocenters. The molecule has 0 aliphatic heterocycles. The fourth-order valence-corrected chi connectivity index (χ4v) is 4.76. The molecule has 0 aromatic carbocycles. The molecule has 4 fully saturated rings. The monoisotopic (exact) mass is 291 g/mol. The molecule has 0 spiro atoms. The first-order chi connectivity index (χ1) is 9.21. The van der Waals surface area contributed by atoms with Crippen molar-refractivity contribution in [1.82, 2.24) is 5.32 Å². The number of carboxylic acids is 1. The number of hydrogen-bond donors (Lipinski definition) is 2. The lowest BCUT2D eigenvalue weighted by molar-refractivity contribution is -0.181. The fraction of sp³-hybridized carbons (Fsp3) is 0.846. The zero-order valence-electron chi connectivity index (χ0n) is 10.7. The topological polar surface area (TPSA) is 66.4 Å². The third-order valence-electron chi connectivity index (χ3n) is 5.28. The van der Waals surface area contributed by atoms with Crippen LogP contribution in [-0.2, 0) is 9.59 Å². The van der Waals surface area contributed by atoms with Crippen molar-refractivity contribution in [3.63, 3.8) is 0 Å². The van der Waals surface area contributed by atoms with Crippen molar-refractivity contribution in [2.45, 2.75) is 44.3 Å². The van der Waals surface area contributed by atoms with Crippen LogP contribution in [0.5, 0.6) is 0 Å². The smallest absolute Gasteiger partial charge is 0.471 e. The van der Waals surface area contributed by atoms with Crippen molar-refractivity contribution >= 4 is 11.9 Å². The van der Waals surface area contributed by atoms with E-state index in [9.17, 15) is 27.9 Å². The van der Waals surface area contributed by atoms with Crippen molar-refractivity contribution in [1.29, 1.82) is 0 Å². The Morgan fingerprint density at radius 3 is 2.10 bits per heavy atom. The third kappa shape index (κ3) is 1.98. The summed E-state index contributed by atoms with van der Waals surface area (Å²) < 4.78 is 37.1. The van der Waals surface area contributed by atoms with Gasteiger partial charge in [0.15, 0.2) is 0 Å². The fourth-order valence-electron chi connectivity index (χ4n) is 4.76. The molecule has 2 unspecified atom stereocenters. The predicted octanol–water partition coefficient (Wildman–Crippen LogP) is 1.94. The molecular formula is C13H16F3NO3. The molecule has 4 saturated carbocycles. The summed E-state index contributed by atoms with van der Waals surface area (Å²) in [6, 6.07) is -0.520. The maximum atomic E-state index is 12.4. The van der Waals surface area contributed by atoms with Gasteiger partial charge in [0.2, 0.25) is 0 Å². The van der Waals surface area contributed by atoms with E-state index in [0.717, 1.165) is 12.8 Å². The number of rotatable bonds is 2. The highest BCUT2D eigenvalue weighted by molar-refractivity contribution is 5.82. The lowest BCUT2D eigenvalue weighted by atomic mass is 9.48. The van der Waals surface area contributed by atoms with E-state index in [-0.39, 0.29) is 17.8 Å². The van der Waals surface area contributed by atoms with Gasteiger partial charge in [0, 0.05) is 6.04 Å². The molecule has 4 aliphatic rings. The number of alkyl halides is 3. The number of amides is 1. The Kier molecular flexibility index (Phi) is 2.82. The molecule has 2 N–H and O–H groups in total. The first-order valence-corrected chi connectivity index (χ1v) is 6.82. The van der Waals surface area contributed by atoms with E-state index in [1.807, 2.05) is 0 Å². The van der Waals surface area contributed by atoms with Crippen LogP contribution in [0, 0.1) is 23.2 Å². The first-order valence-electron chi connectivity index (χ1n) is 6.82. The number of carboxylic acid groups (broad SMARTS) is 1. The molecule has 0 saturated heterocycles. The second kappa shape index (κ2) is 4.11. The van der Waals surface area contributed by atoms with Crippen molar-refractivity contribution in [2.24, 2.45) is 23.2 Å². The largest absolute Gasteiger partial charge is 0.481 e. The SMILES string of the molecule is O=C(NC1C2CC3CC1CC(C(=O)O)(C3)C2)C(F)(F)F. The molecule has 0 aromatic heterocycles. The summed E-state index contributed by atoms with van der Waals surface area (Å²) in [4.78, 5) is 22.6. The Hall–Kier alpha value is -1.27. The Balaban J connectivity index is 1.78. The van der Waals surface area contributed by atoms with Gasteiger partial charge < -0.3 is 10.4 Å². The molecule has 20 heavy (non-hydrogen) atoms. The zero-order valence-corrected chi connectivity index (χ0v) is 10.7. The molecule has 0 heterocycles. The van der Waals surface area contributed by atoms with Crippen LogP contribution in [0.15, 0.2) is 0 Å². The van der Waals surface area contributed by atoms with Gasteiger partial charge in [-0.05, 0) is 49.9 Å². The summed E-state index contributed by atoms with van der Waals surface area (Å²) in [5.74, 6) is -2.73. The number of nitrogens with one attached hydrogen (secondary N) is 1. The molecule has 4 aliphatic carbocycles. The van der Waals surface area contributed by atoms with Crippen molar-refractivity contribution in [3.05, 3.63) is 0 Å². The van der Waals surface area contributed by atoms with Crippen LogP contribution >= 0.6 is 0 Å². The zero-order chi connectivity index (χ0) is 14.7. The lowest BCUT2D eigenvalue weighted by Crippen LogP contribution is -2.62. The minimum atomic E-state index is -4.88. The normalized spacial score (nSPS) is 42.5. The van der Waals surface area contributed by atoms with Gasteiger partial charge in [-0.25, -0.2) is 0 Å². The van der Waals surface area contributed by atoms with Crippen LogP contribution in [0.2, 0.25) is 0 Å². The maximum Gasteiger partial charge on any atom is 0.471 e. The highest BCUT2D eigenvalue weighted by atomic mass is 19.4. The van der Waals surface area contributed by atoms with Crippen molar-refractivity contribution in [2.75, 3.05) is 0 Å². The molecule has 4 rings (SSSR count). The summed E-state index contributed by atoms with van der Waals surface area (Å²) in [5, 5.41) is 11.5. The van der Waals surface area contributed by atoms with E-state index >= 15 is 0 Å². The number of carbonyl (C=O) groups is 2. The number of halogens is 3. The van der Waals surface area contributed by atoms with Gasteiger partial charge in [-0.15, -0.1) is 0 Å².